The van der Waals surface area contributed by atoms with Crippen LogP contribution >= 0.6 is 0 Å². The SMILES string of the molecule is COc1cc(C(=O)NC(C#N)c2ccco2)n(C)n1. The van der Waals surface area contributed by atoms with Crippen molar-refractivity contribution in [3.8, 4) is 11.9 Å². The Labute approximate surface area is 109 Å². The first kappa shape index (κ1) is 12.7. The van der Waals surface area contributed by atoms with Gasteiger partial charge in [-0.2, -0.15) is 5.26 Å². The molecule has 0 fully saturated rings. The predicted octanol–water partition coefficient (Wildman–Crippen LogP) is 1.02. The first-order chi connectivity index (χ1) is 9.15. The fourth-order valence-corrected chi connectivity index (χ4v) is 1.58. The Bertz CT molecular complexity index is 609. The number of ether oxygens (including phenoxy) is 1. The zero-order valence-corrected chi connectivity index (χ0v) is 10.5. The van der Waals surface area contributed by atoms with Gasteiger partial charge in [0, 0.05) is 13.1 Å². The van der Waals surface area contributed by atoms with E-state index in [0.29, 0.717) is 17.3 Å². The quantitative estimate of drug-likeness (QED) is 0.885. The van der Waals surface area contributed by atoms with Crippen molar-refractivity contribution in [2.45, 2.75) is 6.04 Å². The molecule has 2 aromatic heterocycles. The van der Waals surface area contributed by atoms with Crippen LogP contribution in [0.3, 0.4) is 0 Å². The Kier molecular flexibility index (Phi) is 3.52. The van der Waals surface area contributed by atoms with Gasteiger partial charge in [-0.15, -0.1) is 5.10 Å². The Balaban J connectivity index is 2.16. The van der Waals surface area contributed by atoms with Crippen molar-refractivity contribution in [3.63, 3.8) is 0 Å². The van der Waals surface area contributed by atoms with Crippen molar-refractivity contribution < 1.29 is 13.9 Å². The van der Waals surface area contributed by atoms with E-state index in [1.54, 1.807) is 19.2 Å². The van der Waals surface area contributed by atoms with Crippen LogP contribution in [0, 0.1) is 11.3 Å². The monoisotopic (exact) mass is 260 g/mol. The molecule has 1 N–H and O–H groups in total. The zero-order valence-electron chi connectivity index (χ0n) is 10.5. The van der Waals surface area contributed by atoms with Crippen molar-refractivity contribution in [1.29, 1.82) is 5.26 Å². The lowest BCUT2D eigenvalue weighted by atomic mass is 10.2. The molecular weight excluding hydrogens is 248 g/mol. The second-order valence-corrected chi connectivity index (χ2v) is 3.75. The number of carbonyl (C=O) groups is 1. The molecule has 0 aliphatic heterocycles. The number of aryl methyl sites for hydroxylation is 1. The summed E-state index contributed by atoms with van der Waals surface area (Å²) >= 11 is 0. The molecule has 98 valence electrons. The summed E-state index contributed by atoms with van der Waals surface area (Å²) in [5, 5.41) is 15.6. The number of aromatic nitrogens is 2. The van der Waals surface area contributed by atoms with Crippen LogP contribution < -0.4 is 10.1 Å². The molecule has 1 amide bonds. The minimum atomic E-state index is -0.844. The summed E-state index contributed by atoms with van der Waals surface area (Å²) in [5.74, 6) is 0.283. The van der Waals surface area contributed by atoms with Gasteiger partial charge in [0.25, 0.3) is 5.91 Å². The topological polar surface area (TPSA) is 93.1 Å². The molecule has 1 unspecified atom stereocenters. The van der Waals surface area contributed by atoms with Crippen LogP contribution in [0.15, 0.2) is 28.9 Å². The summed E-state index contributed by atoms with van der Waals surface area (Å²) in [4.78, 5) is 12.0. The third-order valence-corrected chi connectivity index (χ3v) is 2.53. The molecule has 2 rings (SSSR count). The minimum Gasteiger partial charge on any atom is -0.480 e. The maximum atomic E-state index is 12.0. The summed E-state index contributed by atoms with van der Waals surface area (Å²) in [6.07, 6.45) is 1.44. The minimum absolute atomic E-state index is 0.295. The number of amides is 1. The second kappa shape index (κ2) is 5.27. The molecule has 0 aliphatic carbocycles. The lowest BCUT2D eigenvalue weighted by Gasteiger charge is -2.08. The van der Waals surface area contributed by atoms with E-state index in [1.807, 2.05) is 6.07 Å². The summed E-state index contributed by atoms with van der Waals surface area (Å²) in [7, 11) is 3.08. The second-order valence-electron chi connectivity index (χ2n) is 3.75. The summed E-state index contributed by atoms with van der Waals surface area (Å²) in [6.45, 7) is 0. The van der Waals surface area contributed by atoms with E-state index in [9.17, 15) is 4.79 Å². The molecule has 0 saturated carbocycles. The molecule has 2 aromatic rings. The van der Waals surface area contributed by atoms with E-state index in [0.717, 1.165) is 0 Å². The lowest BCUT2D eigenvalue weighted by Crippen LogP contribution is -2.29. The number of hydrogen-bond donors (Lipinski definition) is 1. The van der Waals surface area contributed by atoms with E-state index in [4.69, 9.17) is 14.4 Å². The van der Waals surface area contributed by atoms with Gasteiger partial charge in [-0.3, -0.25) is 9.48 Å². The third kappa shape index (κ3) is 2.57. The number of hydrogen-bond acceptors (Lipinski definition) is 5. The lowest BCUT2D eigenvalue weighted by molar-refractivity contribution is 0.0932. The van der Waals surface area contributed by atoms with E-state index in [1.165, 1.54) is 24.1 Å². The first-order valence-electron chi connectivity index (χ1n) is 5.47. The van der Waals surface area contributed by atoms with Gasteiger partial charge in [0.2, 0.25) is 5.88 Å². The van der Waals surface area contributed by atoms with Crippen molar-refractivity contribution >= 4 is 5.91 Å². The molecule has 0 radical (unpaired) electrons. The van der Waals surface area contributed by atoms with Crippen molar-refractivity contribution in [1.82, 2.24) is 15.1 Å². The van der Waals surface area contributed by atoms with E-state index in [2.05, 4.69) is 10.4 Å². The van der Waals surface area contributed by atoms with E-state index >= 15 is 0 Å². The van der Waals surface area contributed by atoms with Crippen LogP contribution in [0.4, 0.5) is 0 Å². The molecule has 1 atom stereocenters. The molecule has 7 nitrogen and oxygen atoms in total. The van der Waals surface area contributed by atoms with Gasteiger partial charge >= 0.3 is 0 Å². The van der Waals surface area contributed by atoms with Gasteiger partial charge in [-0.1, -0.05) is 0 Å². The molecule has 0 aliphatic rings. The third-order valence-electron chi connectivity index (χ3n) is 2.53. The van der Waals surface area contributed by atoms with Gasteiger partial charge < -0.3 is 14.5 Å². The number of rotatable bonds is 4. The van der Waals surface area contributed by atoms with Crippen LogP contribution in [0.1, 0.15) is 22.3 Å². The predicted molar refractivity (Wildman–Crippen MR) is 64.3 cm³/mol. The smallest absolute Gasteiger partial charge is 0.271 e. The highest BCUT2D eigenvalue weighted by Crippen LogP contribution is 2.15. The number of carbonyl (C=O) groups excluding carboxylic acids is 1. The van der Waals surface area contributed by atoms with Gasteiger partial charge in [-0.05, 0) is 12.1 Å². The van der Waals surface area contributed by atoms with Gasteiger partial charge in [0.15, 0.2) is 6.04 Å². The molecule has 0 saturated heterocycles. The highest BCUT2D eigenvalue weighted by molar-refractivity contribution is 5.93. The Hall–Kier alpha value is -2.75. The maximum Gasteiger partial charge on any atom is 0.271 e. The van der Waals surface area contributed by atoms with Crippen LogP contribution in [0.2, 0.25) is 0 Å². The molecule has 0 bridgehead atoms. The Morgan fingerprint density at radius 3 is 3.00 bits per heavy atom. The number of methoxy groups -OCH3 is 1. The number of furan rings is 1. The molecular formula is C12H12N4O3. The summed E-state index contributed by atoms with van der Waals surface area (Å²) < 4.78 is 11.4. The normalized spacial score (nSPS) is 11.6. The fourth-order valence-electron chi connectivity index (χ4n) is 1.58. The first-order valence-corrected chi connectivity index (χ1v) is 5.47. The van der Waals surface area contributed by atoms with Crippen molar-refractivity contribution in [2.24, 2.45) is 7.05 Å². The molecule has 0 spiro atoms. The number of nitrogens with zero attached hydrogens (tertiary/aromatic N) is 3. The van der Waals surface area contributed by atoms with Gasteiger partial charge in [0.05, 0.1) is 19.4 Å². The highest BCUT2D eigenvalue weighted by atomic mass is 16.5. The van der Waals surface area contributed by atoms with Crippen LogP contribution in [0.5, 0.6) is 5.88 Å². The molecule has 7 heteroatoms. The van der Waals surface area contributed by atoms with Crippen LogP contribution in [0.25, 0.3) is 0 Å². The standard InChI is InChI=1S/C12H12N4O3/c1-16-9(6-11(15-16)18-2)12(17)14-8(7-13)10-4-3-5-19-10/h3-6,8H,1-2H3,(H,14,17). The van der Waals surface area contributed by atoms with Gasteiger partial charge in [-0.25, -0.2) is 0 Å². The largest absolute Gasteiger partial charge is 0.480 e. The number of nitrogens with one attached hydrogen (secondary N) is 1. The van der Waals surface area contributed by atoms with E-state index < -0.39 is 11.9 Å². The van der Waals surface area contributed by atoms with Crippen LogP contribution in [-0.4, -0.2) is 22.8 Å². The Morgan fingerprint density at radius 1 is 1.68 bits per heavy atom. The average molecular weight is 260 g/mol. The molecule has 0 aromatic carbocycles. The van der Waals surface area contributed by atoms with Crippen LogP contribution in [-0.2, 0) is 7.05 Å². The van der Waals surface area contributed by atoms with Crippen molar-refractivity contribution in [3.05, 3.63) is 35.9 Å². The molecule has 2 heterocycles. The fraction of sp³-hybridized carbons (Fsp3) is 0.250. The Morgan fingerprint density at radius 2 is 2.47 bits per heavy atom. The molecule has 19 heavy (non-hydrogen) atoms. The highest BCUT2D eigenvalue weighted by Gasteiger charge is 2.20. The maximum absolute atomic E-state index is 12.0. The van der Waals surface area contributed by atoms with Crippen molar-refractivity contribution in [2.75, 3.05) is 7.11 Å². The summed E-state index contributed by atoms with van der Waals surface area (Å²) in [5.41, 5.74) is 0.295. The average Bonchev–Trinajstić information content (AvgIpc) is 3.04. The van der Waals surface area contributed by atoms with E-state index in [-0.39, 0.29) is 0 Å². The summed E-state index contributed by atoms with van der Waals surface area (Å²) in [6, 6.07) is 5.88. The zero-order chi connectivity index (χ0) is 13.8. The van der Waals surface area contributed by atoms with Gasteiger partial charge in [0.1, 0.15) is 11.5 Å². The number of nitriles is 1.